The van der Waals surface area contributed by atoms with Crippen molar-refractivity contribution in [2.45, 2.75) is 11.8 Å². The number of halogens is 1. The fourth-order valence-electron chi connectivity index (χ4n) is 1.60. The van der Waals surface area contributed by atoms with Crippen molar-refractivity contribution in [2.75, 3.05) is 4.72 Å². The molecule has 0 radical (unpaired) electrons. The van der Waals surface area contributed by atoms with Gasteiger partial charge in [0.2, 0.25) is 0 Å². The third-order valence-electron chi connectivity index (χ3n) is 2.67. The summed E-state index contributed by atoms with van der Waals surface area (Å²) < 4.78 is 27.9. The van der Waals surface area contributed by atoms with E-state index in [1.807, 2.05) is 12.1 Å². The SMILES string of the molecule is CC(=O)c1ccc(S(=O)(=O)Nc2ccc(I)cc2)cc1. The number of hydrogen-bond acceptors (Lipinski definition) is 3. The zero-order chi connectivity index (χ0) is 14.8. The molecule has 0 bridgehead atoms. The first-order valence-corrected chi connectivity index (χ1v) is 8.34. The standard InChI is InChI=1S/C14H12INO3S/c1-10(17)11-2-8-14(9-3-11)20(18,19)16-13-6-4-12(15)5-7-13/h2-9,16H,1H3. The third kappa shape index (κ3) is 3.57. The Bertz CT molecular complexity index is 722. The quantitative estimate of drug-likeness (QED) is 0.632. The van der Waals surface area contributed by atoms with Crippen LogP contribution in [0.2, 0.25) is 0 Å². The number of hydrogen-bond donors (Lipinski definition) is 1. The lowest BCUT2D eigenvalue weighted by Gasteiger charge is -2.08. The van der Waals surface area contributed by atoms with Crippen molar-refractivity contribution in [1.82, 2.24) is 0 Å². The minimum atomic E-state index is -3.63. The Kier molecular flexibility index (Phi) is 4.44. The van der Waals surface area contributed by atoms with E-state index in [0.29, 0.717) is 11.3 Å². The molecule has 20 heavy (non-hydrogen) atoms. The molecule has 0 fully saturated rings. The molecule has 6 heteroatoms. The highest BCUT2D eigenvalue weighted by molar-refractivity contribution is 14.1. The van der Waals surface area contributed by atoms with Crippen LogP contribution in [0.15, 0.2) is 53.4 Å². The van der Waals surface area contributed by atoms with Gasteiger partial charge >= 0.3 is 0 Å². The lowest BCUT2D eigenvalue weighted by molar-refractivity contribution is 0.101. The predicted molar refractivity (Wildman–Crippen MR) is 86.4 cm³/mol. The van der Waals surface area contributed by atoms with Gasteiger partial charge in [-0.1, -0.05) is 12.1 Å². The fraction of sp³-hybridized carbons (Fsp3) is 0.0714. The van der Waals surface area contributed by atoms with Crippen LogP contribution in [-0.4, -0.2) is 14.2 Å². The Morgan fingerprint density at radius 3 is 2.05 bits per heavy atom. The second-order valence-electron chi connectivity index (χ2n) is 4.19. The van der Waals surface area contributed by atoms with Gasteiger partial charge in [-0.3, -0.25) is 9.52 Å². The Labute approximate surface area is 131 Å². The molecule has 0 heterocycles. The highest BCUT2D eigenvalue weighted by Crippen LogP contribution is 2.18. The molecule has 1 N–H and O–H groups in total. The molecule has 0 amide bonds. The van der Waals surface area contributed by atoms with Crippen molar-refractivity contribution >= 4 is 44.1 Å². The molecule has 2 aromatic rings. The van der Waals surface area contributed by atoms with Gasteiger partial charge in [-0.2, -0.15) is 0 Å². The molecule has 2 rings (SSSR count). The van der Waals surface area contributed by atoms with Crippen LogP contribution >= 0.6 is 22.6 Å². The zero-order valence-corrected chi connectivity index (χ0v) is 13.6. The molecule has 0 aromatic heterocycles. The van der Waals surface area contributed by atoms with E-state index in [-0.39, 0.29) is 10.7 Å². The van der Waals surface area contributed by atoms with E-state index in [1.54, 1.807) is 12.1 Å². The average molecular weight is 401 g/mol. The zero-order valence-electron chi connectivity index (χ0n) is 10.6. The summed E-state index contributed by atoms with van der Waals surface area (Å²) in [5.74, 6) is -0.0976. The van der Waals surface area contributed by atoms with Crippen LogP contribution in [0.25, 0.3) is 0 Å². The molecule has 0 aliphatic rings. The summed E-state index contributed by atoms with van der Waals surface area (Å²) in [5.41, 5.74) is 0.985. The summed E-state index contributed by atoms with van der Waals surface area (Å²) in [7, 11) is -3.63. The van der Waals surface area contributed by atoms with Gasteiger partial charge in [0, 0.05) is 14.8 Å². The number of nitrogens with one attached hydrogen (secondary N) is 1. The van der Waals surface area contributed by atoms with E-state index in [1.165, 1.54) is 31.2 Å². The maximum absolute atomic E-state index is 12.2. The maximum atomic E-state index is 12.2. The van der Waals surface area contributed by atoms with Crippen LogP contribution in [0, 0.1) is 3.57 Å². The molecule has 0 saturated heterocycles. The van der Waals surface area contributed by atoms with Gasteiger partial charge in [-0.05, 0) is 65.9 Å². The predicted octanol–water partition coefficient (Wildman–Crippen LogP) is 3.29. The monoisotopic (exact) mass is 401 g/mol. The summed E-state index contributed by atoms with van der Waals surface area (Å²) in [4.78, 5) is 11.3. The second kappa shape index (κ2) is 5.92. The molecule has 0 saturated carbocycles. The molecule has 0 atom stereocenters. The number of ketones is 1. The van der Waals surface area contributed by atoms with Crippen molar-refractivity contribution in [2.24, 2.45) is 0 Å². The largest absolute Gasteiger partial charge is 0.295 e. The Morgan fingerprint density at radius 1 is 1.00 bits per heavy atom. The Morgan fingerprint density at radius 2 is 1.55 bits per heavy atom. The Hall–Kier alpha value is -1.41. The van der Waals surface area contributed by atoms with E-state index in [0.717, 1.165) is 3.57 Å². The van der Waals surface area contributed by atoms with E-state index < -0.39 is 10.0 Å². The summed E-state index contributed by atoms with van der Waals surface area (Å²) in [6, 6.07) is 12.9. The van der Waals surface area contributed by atoms with Crippen LogP contribution in [-0.2, 0) is 10.0 Å². The molecular weight excluding hydrogens is 389 g/mol. The first-order chi connectivity index (χ1) is 9.38. The van der Waals surface area contributed by atoms with Crippen LogP contribution in [0.1, 0.15) is 17.3 Å². The number of benzene rings is 2. The van der Waals surface area contributed by atoms with Gasteiger partial charge in [0.15, 0.2) is 5.78 Å². The molecule has 0 aliphatic carbocycles. The van der Waals surface area contributed by atoms with Crippen molar-refractivity contribution in [3.05, 3.63) is 57.7 Å². The van der Waals surface area contributed by atoms with Crippen LogP contribution in [0.5, 0.6) is 0 Å². The van der Waals surface area contributed by atoms with E-state index in [9.17, 15) is 13.2 Å². The minimum Gasteiger partial charge on any atom is -0.295 e. The first-order valence-electron chi connectivity index (χ1n) is 5.78. The molecule has 0 spiro atoms. The second-order valence-corrected chi connectivity index (χ2v) is 7.12. The van der Waals surface area contributed by atoms with Gasteiger partial charge in [-0.15, -0.1) is 0 Å². The first kappa shape index (κ1) is 15.0. The fourth-order valence-corrected chi connectivity index (χ4v) is 3.02. The van der Waals surface area contributed by atoms with Crippen LogP contribution in [0.4, 0.5) is 5.69 Å². The van der Waals surface area contributed by atoms with Gasteiger partial charge in [-0.25, -0.2) is 8.42 Å². The molecule has 0 aliphatic heterocycles. The van der Waals surface area contributed by atoms with Crippen molar-refractivity contribution in [3.63, 3.8) is 0 Å². The molecule has 2 aromatic carbocycles. The van der Waals surface area contributed by atoms with Crippen LogP contribution in [0.3, 0.4) is 0 Å². The number of carbonyl (C=O) groups is 1. The van der Waals surface area contributed by atoms with E-state index in [4.69, 9.17) is 0 Å². The Balaban J connectivity index is 2.26. The van der Waals surface area contributed by atoms with E-state index in [2.05, 4.69) is 27.3 Å². The lowest BCUT2D eigenvalue weighted by atomic mass is 10.2. The van der Waals surface area contributed by atoms with Crippen molar-refractivity contribution < 1.29 is 13.2 Å². The lowest BCUT2D eigenvalue weighted by Crippen LogP contribution is -2.13. The smallest absolute Gasteiger partial charge is 0.261 e. The van der Waals surface area contributed by atoms with Crippen molar-refractivity contribution in [3.8, 4) is 0 Å². The number of sulfonamides is 1. The molecule has 4 nitrogen and oxygen atoms in total. The maximum Gasteiger partial charge on any atom is 0.261 e. The van der Waals surface area contributed by atoms with Gasteiger partial charge in [0.1, 0.15) is 0 Å². The number of anilines is 1. The number of Topliss-reactive ketones (excluding diaryl/α,β-unsaturated/α-hetero) is 1. The highest BCUT2D eigenvalue weighted by Gasteiger charge is 2.14. The summed E-state index contributed by atoms with van der Waals surface area (Å²) in [5, 5.41) is 0. The molecular formula is C14H12INO3S. The minimum absolute atomic E-state index is 0.0976. The summed E-state index contributed by atoms with van der Waals surface area (Å²) in [6.45, 7) is 1.44. The highest BCUT2D eigenvalue weighted by atomic mass is 127. The summed E-state index contributed by atoms with van der Waals surface area (Å²) in [6.07, 6.45) is 0. The van der Waals surface area contributed by atoms with Gasteiger partial charge in [0.05, 0.1) is 4.90 Å². The third-order valence-corrected chi connectivity index (χ3v) is 4.78. The topological polar surface area (TPSA) is 63.2 Å². The van der Waals surface area contributed by atoms with Gasteiger partial charge in [0.25, 0.3) is 10.0 Å². The van der Waals surface area contributed by atoms with Crippen LogP contribution < -0.4 is 4.72 Å². The molecule has 0 unspecified atom stereocenters. The average Bonchev–Trinajstić information content (AvgIpc) is 2.41. The van der Waals surface area contributed by atoms with Crippen molar-refractivity contribution in [1.29, 1.82) is 0 Å². The molecule has 104 valence electrons. The van der Waals surface area contributed by atoms with E-state index >= 15 is 0 Å². The number of rotatable bonds is 4. The normalized spacial score (nSPS) is 11.1. The summed E-state index contributed by atoms with van der Waals surface area (Å²) >= 11 is 2.15. The number of carbonyl (C=O) groups excluding carboxylic acids is 1. The van der Waals surface area contributed by atoms with Gasteiger partial charge < -0.3 is 0 Å².